The summed E-state index contributed by atoms with van der Waals surface area (Å²) in [5, 5.41) is 10.0. The van der Waals surface area contributed by atoms with E-state index in [1.807, 2.05) is 30.3 Å². The predicted octanol–water partition coefficient (Wildman–Crippen LogP) is 5.56. The number of carbonyl (C=O) groups is 2. The number of hydrogen-bond acceptors (Lipinski definition) is 7. The zero-order chi connectivity index (χ0) is 29.7. The molecule has 3 aromatic carbocycles. The third-order valence-electron chi connectivity index (χ3n) is 6.68. The number of aliphatic carboxylic acids is 1. The van der Waals surface area contributed by atoms with Crippen molar-refractivity contribution >= 4 is 63.1 Å². The predicted molar refractivity (Wildman–Crippen MR) is 170 cm³/mol. The molecule has 0 bridgehead atoms. The van der Waals surface area contributed by atoms with Crippen LogP contribution >= 0.6 is 45.2 Å². The first-order chi connectivity index (χ1) is 19.7. The fourth-order valence-electron chi connectivity index (χ4n) is 4.60. The molecule has 11 heteroatoms. The van der Waals surface area contributed by atoms with E-state index in [1.54, 1.807) is 25.3 Å². The van der Waals surface area contributed by atoms with Crippen LogP contribution in [0.5, 0.6) is 28.7 Å². The van der Waals surface area contributed by atoms with Gasteiger partial charge in [-0.2, -0.15) is 0 Å². The van der Waals surface area contributed by atoms with Crippen LogP contribution in [0, 0.1) is 7.14 Å². The maximum Gasteiger partial charge on any atom is 0.326 e. The number of rotatable bonds is 10. The highest BCUT2D eigenvalue weighted by Gasteiger charge is 2.36. The molecule has 1 heterocycles. The molecular formula is C30H29I2NO8. The standard InChI is InChI=1S/C30H29I2NO8/c1-37-20-7-5-6-18(10-20)16-41-28-22(31)13-19-14-23(30(35)36)33(15-21(19)27(28)32)26(34)9-8-17-11-24(38-2)29(40-4)25(12-17)39-3/h5-13,23H,14-16H2,1-4H3,(H,35,36)/b9-8+/t23-/m0/s1. The summed E-state index contributed by atoms with van der Waals surface area (Å²) in [5.74, 6) is 1.28. The van der Waals surface area contributed by atoms with E-state index in [1.165, 1.54) is 32.3 Å². The van der Waals surface area contributed by atoms with Crippen LogP contribution in [0.1, 0.15) is 22.3 Å². The molecule has 1 aliphatic heterocycles. The molecule has 1 amide bonds. The first kappa shape index (κ1) is 30.8. The number of carboxylic acids is 1. The largest absolute Gasteiger partial charge is 0.497 e. The Morgan fingerprint density at radius 1 is 0.976 bits per heavy atom. The molecule has 41 heavy (non-hydrogen) atoms. The lowest BCUT2D eigenvalue weighted by Crippen LogP contribution is -2.48. The third kappa shape index (κ3) is 6.83. The number of carboxylic acid groups (broad SMARTS) is 1. The SMILES string of the molecule is COc1cccc(COc2c(I)cc3c(c2I)CN(C(=O)/C=C/c2cc(OC)c(OC)c(OC)c2)[C@H](C(=O)O)C3)c1. The molecule has 3 aromatic rings. The highest BCUT2D eigenvalue weighted by molar-refractivity contribution is 14.1. The quantitative estimate of drug-likeness (QED) is 0.211. The number of hydrogen-bond donors (Lipinski definition) is 1. The van der Waals surface area contributed by atoms with E-state index in [2.05, 4.69) is 45.2 Å². The number of carbonyl (C=O) groups excluding carboxylic acids is 1. The van der Waals surface area contributed by atoms with E-state index in [9.17, 15) is 14.7 Å². The zero-order valence-electron chi connectivity index (χ0n) is 22.9. The van der Waals surface area contributed by atoms with E-state index < -0.39 is 17.9 Å². The number of fused-ring (bicyclic) bond motifs is 1. The Labute approximate surface area is 265 Å². The van der Waals surface area contributed by atoms with Crippen LogP contribution in [0.4, 0.5) is 0 Å². The molecule has 0 fully saturated rings. The summed E-state index contributed by atoms with van der Waals surface area (Å²) in [4.78, 5) is 27.0. The van der Waals surface area contributed by atoms with Crippen molar-refractivity contribution in [2.75, 3.05) is 28.4 Å². The van der Waals surface area contributed by atoms with Crippen molar-refractivity contribution in [2.24, 2.45) is 0 Å². The average molecular weight is 785 g/mol. The van der Waals surface area contributed by atoms with Crippen molar-refractivity contribution in [3.8, 4) is 28.7 Å². The first-order valence-electron chi connectivity index (χ1n) is 12.5. The molecule has 0 saturated carbocycles. The second kappa shape index (κ2) is 13.6. The van der Waals surface area contributed by atoms with Crippen molar-refractivity contribution in [2.45, 2.75) is 25.6 Å². The van der Waals surface area contributed by atoms with Crippen molar-refractivity contribution in [1.29, 1.82) is 0 Å². The van der Waals surface area contributed by atoms with Gasteiger partial charge in [-0.3, -0.25) is 4.79 Å². The lowest BCUT2D eigenvalue weighted by Gasteiger charge is -2.35. The van der Waals surface area contributed by atoms with E-state index in [-0.39, 0.29) is 13.0 Å². The van der Waals surface area contributed by atoms with Crippen LogP contribution in [0.2, 0.25) is 0 Å². The second-order valence-corrected chi connectivity index (χ2v) is 11.3. The summed E-state index contributed by atoms with van der Waals surface area (Å²) in [6, 6.07) is 12.0. The topological polar surface area (TPSA) is 104 Å². The second-order valence-electron chi connectivity index (χ2n) is 9.10. The van der Waals surface area contributed by atoms with Crippen LogP contribution in [0.3, 0.4) is 0 Å². The Morgan fingerprint density at radius 2 is 1.68 bits per heavy atom. The van der Waals surface area contributed by atoms with Crippen LogP contribution in [-0.2, 0) is 29.2 Å². The Kier molecular flexibility index (Phi) is 10.2. The Balaban J connectivity index is 1.61. The van der Waals surface area contributed by atoms with Gasteiger partial charge in [0.1, 0.15) is 24.1 Å². The van der Waals surface area contributed by atoms with E-state index in [4.69, 9.17) is 23.7 Å². The normalized spacial score (nSPS) is 14.4. The minimum Gasteiger partial charge on any atom is -0.497 e. The Hall–Kier alpha value is -3.20. The van der Waals surface area contributed by atoms with Gasteiger partial charge in [-0.1, -0.05) is 12.1 Å². The van der Waals surface area contributed by atoms with Gasteiger partial charge in [-0.15, -0.1) is 0 Å². The fourth-order valence-corrected chi connectivity index (χ4v) is 6.88. The minimum atomic E-state index is -1.06. The summed E-state index contributed by atoms with van der Waals surface area (Å²) < 4.78 is 29.4. The summed E-state index contributed by atoms with van der Waals surface area (Å²) in [6.45, 7) is 0.468. The van der Waals surface area contributed by atoms with Crippen LogP contribution in [0.25, 0.3) is 6.08 Å². The van der Waals surface area contributed by atoms with Crippen molar-refractivity contribution in [3.05, 3.63) is 77.9 Å². The molecule has 0 radical (unpaired) electrons. The number of amides is 1. The monoisotopic (exact) mass is 785 g/mol. The lowest BCUT2D eigenvalue weighted by molar-refractivity contribution is -0.149. The summed E-state index contributed by atoms with van der Waals surface area (Å²) in [6.07, 6.45) is 3.15. The minimum absolute atomic E-state index is 0.134. The van der Waals surface area contributed by atoms with E-state index >= 15 is 0 Å². The fraction of sp³-hybridized carbons (Fsp3) is 0.267. The molecule has 0 aromatic heterocycles. The Morgan fingerprint density at radius 3 is 2.29 bits per heavy atom. The molecule has 0 saturated heterocycles. The maximum atomic E-state index is 13.4. The molecule has 0 aliphatic carbocycles. The van der Waals surface area contributed by atoms with Crippen molar-refractivity contribution in [3.63, 3.8) is 0 Å². The van der Waals surface area contributed by atoms with Gasteiger partial charge in [0.15, 0.2) is 11.5 Å². The molecule has 1 aliphatic rings. The number of methoxy groups -OCH3 is 4. The van der Waals surface area contributed by atoms with E-state index in [0.29, 0.717) is 35.2 Å². The maximum absolute atomic E-state index is 13.4. The molecule has 9 nitrogen and oxygen atoms in total. The highest BCUT2D eigenvalue weighted by atomic mass is 127. The summed E-state index contributed by atoms with van der Waals surface area (Å²) >= 11 is 4.42. The van der Waals surface area contributed by atoms with Crippen LogP contribution < -0.4 is 23.7 Å². The first-order valence-corrected chi connectivity index (χ1v) is 14.6. The molecular weight excluding hydrogens is 756 g/mol. The van der Waals surface area contributed by atoms with Gasteiger partial charge >= 0.3 is 5.97 Å². The van der Waals surface area contributed by atoms with Gasteiger partial charge < -0.3 is 33.7 Å². The molecule has 4 rings (SSSR count). The van der Waals surface area contributed by atoms with Crippen LogP contribution in [0.15, 0.2) is 48.5 Å². The van der Waals surface area contributed by atoms with Gasteiger partial charge in [-0.25, -0.2) is 4.79 Å². The number of halogens is 2. The highest BCUT2D eigenvalue weighted by Crippen LogP contribution is 2.39. The smallest absolute Gasteiger partial charge is 0.326 e. The van der Waals surface area contributed by atoms with Gasteiger partial charge in [0, 0.05) is 19.0 Å². The van der Waals surface area contributed by atoms with E-state index in [0.717, 1.165) is 29.6 Å². The number of nitrogens with zero attached hydrogens (tertiary/aromatic N) is 1. The van der Waals surface area contributed by atoms with Crippen molar-refractivity contribution in [1.82, 2.24) is 4.90 Å². The van der Waals surface area contributed by atoms with Gasteiger partial charge in [-0.05, 0) is 104 Å². The van der Waals surface area contributed by atoms with Crippen molar-refractivity contribution < 1.29 is 38.4 Å². The molecule has 1 atom stereocenters. The summed E-state index contributed by atoms with van der Waals surface area (Å²) in [7, 11) is 6.15. The zero-order valence-corrected chi connectivity index (χ0v) is 27.2. The van der Waals surface area contributed by atoms with Gasteiger partial charge in [0.2, 0.25) is 11.7 Å². The molecule has 0 unspecified atom stereocenters. The van der Waals surface area contributed by atoms with Gasteiger partial charge in [0.05, 0.1) is 35.6 Å². The summed E-state index contributed by atoms with van der Waals surface area (Å²) in [5.41, 5.74) is 3.35. The molecule has 1 N–H and O–H groups in total. The Bertz CT molecular complexity index is 1460. The third-order valence-corrected chi connectivity index (χ3v) is 8.62. The number of benzene rings is 3. The number of ether oxygens (including phenoxy) is 5. The lowest BCUT2D eigenvalue weighted by atomic mass is 9.93. The average Bonchev–Trinajstić information content (AvgIpc) is 2.98. The van der Waals surface area contributed by atoms with Crippen LogP contribution in [-0.4, -0.2) is 56.4 Å². The van der Waals surface area contributed by atoms with Gasteiger partial charge in [0.25, 0.3) is 0 Å². The molecule has 216 valence electrons. The molecule has 0 spiro atoms.